The van der Waals surface area contributed by atoms with Gasteiger partial charge in [-0.15, -0.1) is 11.3 Å². The quantitative estimate of drug-likeness (QED) is 0.819. The molecule has 1 fully saturated rings. The smallest absolute Gasteiger partial charge is 0.224 e. The van der Waals surface area contributed by atoms with Crippen LogP contribution in [0, 0.1) is 11.3 Å². The Kier molecular flexibility index (Phi) is 4.13. The average Bonchev–Trinajstić information content (AvgIpc) is 2.90. The minimum absolute atomic E-state index is 0.0493. The molecule has 0 radical (unpaired) electrons. The van der Waals surface area contributed by atoms with E-state index in [1.165, 1.54) is 11.3 Å². The van der Waals surface area contributed by atoms with Crippen molar-refractivity contribution in [2.24, 2.45) is 0 Å². The third-order valence-electron chi connectivity index (χ3n) is 2.78. The number of carbonyl (C=O) groups excluding carboxylic acids is 1. The third kappa shape index (κ3) is 3.05. The Morgan fingerprint density at radius 1 is 1.59 bits per heavy atom. The predicted molar refractivity (Wildman–Crippen MR) is 64.7 cm³/mol. The van der Waals surface area contributed by atoms with Crippen molar-refractivity contribution in [1.82, 2.24) is 4.90 Å². The molecule has 1 saturated heterocycles. The number of carbonyl (C=O) groups is 1. The summed E-state index contributed by atoms with van der Waals surface area (Å²) in [4.78, 5) is 14.7. The van der Waals surface area contributed by atoms with Gasteiger partial charge in [0.25, 0.3) is 0 Å². The van der Waals surface area contributed by atoms with Crippen LogP contribution >= 0.6 is 11.3 Å². The van der Waals surface area contributed by atoms with Gasteiger partial charge in [-0.2, -0.15) is 5.26 Å². The molecule has 0 aromatic carbocycles. The number of rotatable bonds is 3. The Morgan fingerprint density at radius 2 is 2.35 bits per heavy atom. The summed E-state index contributed by atoms with van der Waals surface area (Å²) in [6.45, 7) is 2.48. The Hall–Kier alpha value is -1.38. The first-order chi connectivity index (χ1) is 8.31. The maximum Gasteiger partial charge on any atom is 0.224 e. The maximum atomic E-state index is 12.0. The lowest BCUT2D eigenvalue weighted by atomic mass is 10.0. The predicted octanol–water partition coefficient (Wildman–Crippen LogP) is 1.60. The van der Waals surface area contributed by atoms with Crippen molar-refractivity contribution in [2.75, 3.05) is 26.3 Å². The summed E-state index contributed by atoms with van der Waals surface area (Å²) in [5.74, 6) is -0.265. The summed E-state index contributed by atoms with van der Waals surface area (Å²) >= 11 is 1.53. The SMILES string of the molecule is N#CC(CC(=O)N1CCOCC1)c1cccs1. The highest BCUT2D eigenvalue weighted by Gasteiger charge is 2.22. The molecule has 17 heavy (non-hydrogen) atoms. The molecule has 1 aromatic rings. The van der Waals surface area contributed by atoms with Crippen LogP contribution in [-0.4, -0.2) is 37.1 Å². The summed E-state index contributed by atoms with van der Waals surface area (Å²) in [6.07, 6.45) is 0.275. The van der Waals surface area contributed by atoms with Crippen LogP contribution in [-0.2, 0) is 9.53 Å². The van der Waals surface area contributed by atoms with E-state index in [0.717, 1.165) is 4.88 Å². The highest BCUT2D eigenvalue weighted by molar-refractivity contribution is 7.10. The van der Waals surface area contributed by atoms with Gasteiger partial charge in [0.1, 0.15) is 0 Å². The summed E-state index contributed by atoms with van der Waals surface area (Å²) < 4.78 is 5.20. The van der Waals surface area contributed by atoms with Crippen molar-refractivity contribution >= 4 is 17.2 Å². The zero-order chi connectivity index (χ0) is 12.1. The van der Waals surface area contributed by atoms with Crippen LogP contribution in [0.15, 0.2) is 17.5 Å². The molecule has 1 unspecified atom stereocenters. The fourth-order valence-corrected chi connectivity index (χ4v) is 2.59. The van der Waals surface area contributed by atoms with Gasteiger partial charge in [0.15, 0.2) is 0 Å². The highest BCUT2D eigenvalue weighted by Crippen LogP contribution is 2.24. The number of nitrogens with zero attached hydrogens (tertiary/aromatic N) is 2. The van der Waals surface area contributed by atoms with Crippen LogP contribution in [0.4, 0.5) is 0 Å². The van der Waals surface area contributed by atoms with Crippen LogP contribution in [0.3, 0.4) is 0 Å². The van der Waals surface area contributed by atoms with Gasteiger partial charge < -0.3 is 9.64 Å². The molecule has 0 bridgehead atoms. The van der Waals surface area contributed by atoms with Gasteiger partial charge in [-0.05, 0) is 11.4 Å². The minimum atomic E-state index is -0.314. The topological polar surface area (TPSA) is 53.3 Å². The third-order valence-corrected chi connectivity index (χ3v) is 3.77. The number of nitriles is 1. The molecular weight excluding hydrogens is 236 g/mol. The molecule has 2 heterocycles. The summed E-state index contributed by atoms with van der Waals surface area (Å²) in [6, 6.07) is 6.02. The van der Waals surface area contributed by atoms with E-state index in [2.05, 4.69) is 6.07 Å². The van der Waals surface area contributed by atoms with Crippen molar-refractivity contribution in [3.8, 4) is 6.07 Å². The molecule has 1 aromatic heterocycles. The Morgan fingerprint density at radius 3 is 2.94 bits per heavy atom. The number of ether oxygens (including phenoxy) is 1. The summed E-state index contributed by atoms with van der Waals surface area (Å²) in [5.41, 5.74) is 0. The molecule has 0 N–H and O–H groups in total. The molecule has 1 atom stereocenters. The fraction of sp³-hybridized carbons (Fsp3) is 0.500. The highest BCUT2D eigenvalue weighted by atomic mass is 32.1. The van der Waals surface area contributed by atoms with E-state index in [1.54, 1.807) is 4.90 Å². The van der Waals surface area contributed by atoms with E-state index in [-0.39, 0.29) is 18.2 Å². The van der Waals surface area contributed by atoms with Crippen molar-refractivity contribution in [3.63, 3.8) is 0 Å². The van der Waals surface area contributed by atoms with E-state index >= 15 is 0 Å². The van der Waals surface area contributed by atoms with Gasteiger partial charge in [0, 0.05) is 24.4 Å². The number of amides is 1. The number of hydrogen-bond acceptors (Lipinski definition) is 4. The van der Waals surface area contributed by atoms with E-state index < -0.39 is 0 Å². The van der Waals surface area contributed by atoms with Crippen LogP contribution in [0.25, 0.3) is 0 Å². The molecule has 0 aliphatic carbocycles. The molecule has 0 spiro atoms. The molecule has 4 nitrogen and oxygen atoms in total. The number of morpholine rings is 1. The van der Waals surface area contributed by atoms with Crippen molar-refractivity contribution in [2.45, 2.75) is 12.3 Å². The van der Waals surface area contributed by atoms with Gasteiger partial charge in [0.05, 0.1) is 25.2 Å². The van der Waals surface area contributed by atoms with Gasteiger partial charge in [-0.25, -0.2) is 0 Å². The lowest BCUT2D eigenvalue weighted by molar-refractivity contribution is -0.135. The second-order valence-electron chi connectivity index (χ2n) is 3.89. The lowest BCUT2D eigenvalue weighted by Gasteiger charge is -2.27. The molecule has 1 aliphatic rings. The minimum Gasteiger partial charge on any atom is -0.378 e. The largest absolute Gasteiger partial charge is 0.378 e. The van der Waals surface area contributed by atoms with Gasteiger partial charge in [-0.1, -0.05) is 6.07 Å². The average molecular weight is 250 g/mol. The van der Waals surface area contributed by atoms with Crippen LogP contribution in [0.2, 0.25) is 0 Å². The van der Waals surface area contributed by atoms with E-state index in [9.17, 15) is 4.79 Å². The van der Waals surface area contributed by atoms with E-state index in [4.69, 9.17) is 10.00 Å². The molecule has 5 heteroatoms. The first-order valence-corrected chi connectivity index (χ1v) is 6.48. The Bertz CT molecular complexity index is 405. The summed E-state index contributed by atoms with van der Waals surface area (Å²) in [7, 11) is 0. The summed E-state index contributed by atoms with van der Waals surface area (Å²) in [5, 5.41) is 11.0. The molecular formula is C12H14N2O2S. The first kappa shape index (κ1) is 12.1. The molecule has 2 rings (SSSR count). The Labute approximate surface area is 104 Å². The monoisotopic (exact) mass is 250 g/mol. The van der Waals surface area contributed by atoms with Crippen LogP contribution < -0.4 is 0 Å². The zero-order valence-electron chi connectivity index (χ0n) is 9.46. The van der Waals surface area contributed by atoms with Crippen molar-refractivity contribution < 1.29 is 9.53 Å². The van der Waals surface area contributed by atoms with Crippen molar-refractivity contribution in [1.29, 1.82) is 5.26 Å². The first-order valence-electron chi connectivity index (χ1n) is 5.60. The number of thiophene rings is 1. The Balaban J connectivity index is 1.95. The van der Waals surface area contributed by atoms with Gasteiger partial charge in [-0.3, -0.25) is 4.79 Å². The fourth-order valence-electron chi connectivity index (χ4n) is 1.82. The van der Waals surface area contributed by atoms with Crippen LogP contribution in [0.5, 0.6) is 0 Å². The molecule has 1 aliphatic heterocycles. The van der Waals surface area contributed by atoms with Crippen molar-refractivity contribution in [3.05, 3.63) is 22.4 Å². The molecule has 0 saturated carbocycles. The van der Waals surface area contributed by atoms with Gasteiger partial charge in [0.2, 0.25) is 5.91 Å². The standard InChI is InChI=1S/C12H14N2O2S/c13-9-10(11-2-1-7-17-11)8-12(15)14-3-5-16-6-4-14/h1-2,7,10H,3-6,8H2. The van der Waals surface area contributed by atoms with E-state index in [1.807, 2.05) is 17.5 Å². The van der Waals surface area contributed by atoms with Crippen LogP contribution in [0.1, 0.15) is 17.2 Å². The maximum absolute atomic E-state index is 12.0. The number of hydrogen-bond donors (Lipinski definition) is 0. The van der Waals surface area contributed by atoms with Gasteiger partial charge >= 0.3 is 0 Å². The zero-order valence-corrected chi connectivity index (χ0v) is 10.3. The molecule has 90 valence electrons. The molecule has 1 amide bonds. The second kappa shape index (κ2) is 5.80. The normalized spacial score (nSPS) is 17.5. The van der Waals surface area contributed by atoms with E-state index in [0.29, 0.717) is 26.3 Å². The second-order valence-corrected chi connectivity index (χ2v) is 4.87. The lowest BCUT2D eigenvalue weighted by Crippen LogP contribution is -2.41.